The van der Waals surface area contributed by atoms with Gasteiger partial charge in [-0.3, -0.25) is 4.79 Å². The highest BCUT2D eigenvalue weighted by Gasteiger charge is 2.26. The van der Waals surface area contributed by atoms with Crippen molar-refractivity contribution in [2.75, 3.05) is 13.1 Å². The van der Waals surface area contributed by atoms with Crippen LogP contribution in [0.1, 0.15) is 31.4 Å². The van der Waals surface area contributed by atoms with Gasteiger partial charge < -0.3 is 10.6 Å². The lowest BCUT2D eigenvalue weighted by atomic mass is 9.97. The summed E-state index contributed by atoms with van der Waals surface area (Å²) in [5.74, 6) is 2.23. The van der Waals surface area contributed by atoms with E-state index in [4.69, 9.17) is 5.73 Å². The fourth-order valence-electron chi connectivity index (χ4n) is 2.68. The Hall–Kier alpha value is -1.14. The number of hydrogen-bond acceptors (Lipinski definition) is 4. The first-order valence-corrected chi connectivity index (χ1v) is 6.89. The van der Waals surface area contributed by atoms with Gasteiger partial charge in [-0.05, 0) is 39.5 Å². The summed E-state index contributed by atoms with van der Waals surface area (Å²) in [7, 11) is 0. The van der Waals surface area contributed by atoms with Crippen LogP contribution in [0.5, 0.6) is 0 Å². The number of likely N-dealkylation sites (tertiary alicyclic amines) is 1. The summed E-state index contributed by atoms with van der Waals surface area (Å²) in [5, 5.41) is 4.39. The molecule has 0 aliphatic carbocycles. The van der Waals surface area contributed by atoms with E-state index in [-0.39, 0.29) is 18.3 Å². The van der Waals surface area contributed by atoms with Gasteiger partial charge in [0.15, 0.2) is 0 Å². The molecule has 7 heteroatoms. The normalized spacial score (nSPS) is 20.4. The number of aromatic nitrogens is 3. The molecule has 0 aromatic carbocycles. The molecule has 1 saturated heterocycles. The standard InChI is InChI=1S/C13H23N5O.ClH/c1-9(14)13(19)17-6-4-5-12(7-17)8-18-11(3)15-10(2)16-18;/h9,12H,4-8,14H2,1-3H3;1H. The van der Waals surface area contributed by atoms with Crippen LogP contribution in [0.4, 0.5) is 0 Å². The summed E-state index contributed by atoms with van der Waals surface area (Å²) in [5.41, 5.74) is 5.67. The number of halogens is 1. The predicted molar refractivity (Wildman–Crippen MR) is 79.7 cm³/mol. The first-order valence-electron chi connectivity index (χ1n) is 6.89. The SMILES string of the molecule is Cc1nc(C)n(CC2CCCN(C(=O)C(C)N)C2)n1.Cl. The third-order valence-corrected chi connectivity index (χ3v) is 3.61. The van der Waals surface area contributed by atoms with Crippen molar-refractivity contribution < 1.29 is 4.79 Å². The Morgan fingerprint density at radius 3 is 2.75 bits per heavy atom. The average molecular weight is 302 g/mol. The largest absolute Gasteiger partial charge is 0.341 e. The van der Waals surface area contributed by atoms with Crippen molar-refractivity contribution in [2.45, 2.75) is 46.2 Å². The third-order valence-electron chi connectivity index (χ3n) is 3.61. The van der Waals surface area contributed by atoms with E-state index in [0.717, 1.165) is 44.1 Å². The van der Waals surface area contributed by atoms with Crippen LogP contribution in [-0.2, 0) is 11.3 Å². The van der Waals surface area contributed by atoms with Crippen LogP contribution in [0.3, 0.4) is 0 Å². The average Bonchev–Trinajstić information content (AvgIpc) is 2.67. The van der Waals surface area contributed by atoms with Crippen molar-refractivity contribution in [2.24, 2.45) is 11.7 Å². The summed E-state index contributed by atoms with van der Waals surface area (Å²) < 4.78 is 1.94. The number of piperidine rings is 1. The van der Waals surface area contributed by atoms with Gasteiger partial charge in [-0.2, -0.15) is 5.10 Å². The molecule has 0 radical (unpaired) electrons. The molecule has 1 amide bonds. The Morgan fingerprint density at radius 2 is 2.20 bits per heavy atom. The van der Waals surface area contributed by atoms with Crippen LogP contribution in [0, 0.1) is 19.8 Å². The van der Waals surface area contributed by atoms with E-state index in [1.807, 2.05) is 23.4 Å². The lowest BCUT2D eigenvalue weighted by Gasteiger charge is -2.33. The van der Waals surface area contributed by atoms with Crippen LogP contribution in [-0.4, -0.2) is 44.7 Å². The summed E-state index contributed by atoms with van der Waals surface area (Å²) in [6, 6.07) is -0.408. The number of rotatable bonds is 3. The second-order valence-electron chi connectivity index (χ2n) is 5.47. The number of carbonyl (C=O) groups is 1. The van der Waals surface area contributed by atoms with Gasteiger partial charge in [0.05, 0.1) is 6.04 Å². The van der Waals surface area contributed by atoms with Crippen LogP contribution >= 0.6 is 12.4 Å². The molecule has 1 aliphatic rings. The summed E-state index contributed by atoms with van der Waals surface area (Å²) >= 11 is 0. The number of nitrogens with two attached hydrogens (primary N) is 1. The van der Waals surface area contributed by atoms with Crippen molar-refractivity contribution in [3.63, 3.8) is 0 Å². The summed E-state index contributed by atoms with van der Waals surface area (Å²) in [6.45, 7) is 8.04. The third kappa shape index (κ3) is 3.93. The molecule has 114 valence electrons. The van der Waals surface area contributed by atoms with Gasteiger partial charge in [-0.15, -0.1) is 12.4 Å². The molecule has 20 heavy (non-hydrogen) atoms. The molecule has 2 N–H and O–H groups in total. The zero-order valence-electron chi connectivity index (χ0n) is 12.4. The maximum Gasteiger partial charge on any atom is 0.239 e. The van der Waals surface area contributed by atoms with Gasteiger partial charge in [0.2, 0.25) is 5.91 Å². The number of aryl methyl sites for hydroxylation is 2. The topological polar surface area (TPSA) is 77.0 Å². The number of carbonyl (C=O) groups excluding carboxylic acids is 1. The van der Waals surface area contributed by atoms with Gasteiger partial charge >= 0.3 is 0 Å². The number of nitrogens with zero attached hydrogens (tertiary/aromatic N) is 4. The highest BCUT2D eigenvalue weighted by atomic mass is 35.5. The maximum atomic E-state index is 11.9. The molecule has 1 fully saturated rings. The summed E-state index contributed by atoms with van der Waals surface area (Å²) in [4.78, 5) is 18.1. The first kappa shape index (κ1) is 16.9. The van der Waals surface area contributed by atoms with E-state index in [2.05, 4.69) is 10.1 Å². The fourth-order valence-corrected chi connectivity index (χ4v) is 2.68. The van der Waals surface area contributed by atoms with E-state index in [1.165, 1.54) is 0 Å². The Kier molecular flexibility index (Phi) is 5.95. The van der Waals surface area contributed by atoms with Gasteiger partial charge in [0, 0.05) is 19.6 Å². The Bertz CT molecular complexity index is 460. The van der Waals surface area contributed by atoms with Crippen molar-refractivity contribution in [1.82, 2.24) is 19.7 Å². The molecule has 2 atom stereocenters. The molecule has 2 unspecified atom stereocenters. The maximum absolute atomic E-state index is 11.9. The second-order valence-corrected chi connectivity index (χ2v) is 5.47. The highest BCUT2D eigenvalue weighted by Crippen LogP contribution is 2.19. The fraction of sp³-hybridized carbons (Fsp3) is 0.769. The zero-order valence-corrected chi connectivity index (χ0v) is 13.2. The Morgan fingerprint density at radius 1 is 1.50 bits per heavy atom. The molecule has 2 rings (SSSR count). The number of amides is 1. The van der Waals surface area contributed by atoms with E-state index in [9.17, 15) is 4.79 Å². The molecular weight excluding hydrogens is 278 g/mol. The van der Waals surface area contributed by atoms with Crippen molar-refractivity contribution in [1.29, 1.82) is 0 Å². The first-order chi connectivity index (χ1) is 8.97. The van der Waals surface area contributed by atoms with Gasteiger partial charge in [-0.25, -0.2) is 9.67 Å². The lowest BCUT2D eigenvalue weighted by Crippen LogP contribution is -2.47. The summed E-state index contributed by atoms with van der Waals surface area (Å²) in [6.07, 6.45) is 2.16. The van der Waals surface area contributed by atoms with Gasteiger partial charge in [0.25, 0.3) is 0 Å². The number of hydrogen-bond donors (Lipinski definition) is 1. The molecule has 1 aromatic heterocycles. The molecule has 0 spiro atoms. The highest BCUT2D eigenvalue weighted by molar-refractivity contribution is 5.85. The molecule has 2 heterocycles. The van der Waals surface area contributed by atoms with E-state index >= 15 is 0 Å². The molecule has 0 bridgehead atoms. The van der Waals surface area contributed by atoms with Crippen LogP contribution < -0.4 is 5.73 Å². The van der Waals surface area contributed by atoms with Crippen LogP contribution in [0.15, 0.2) is 0 Å². The van der Waals surface area contributed by atoms with E-state index in [0.29, 0.717) is 5.92 Å². The van der Waals surface area contributed by atoms with Crippen molar-refractivity contribution in [3.8, 4) is 0 Å². The van der Waals surface area contributed by atoms with Crippen molar-refractivity contribution >= 4 is 18.3 Å². The van der Waals surface area contributed by atoms with E-state index in [1.54, 1.807) is 6.92 Å². The lowest BCUT2D eigenvalue weighted by molar-refractivity contribution is -0.134. The Balaban J connectivity index is 0.00000200. The molecule has 1 aromatic rings. The van der Waals surface area contributed by atoms with Crippen molar-refractivity contribution in [3.05, 3.63) is 11.6 Å². The molecule has 6 nitrogen and oxygen atoms in total. The zero-order chi connectivity index (χ0) is 14.0. The second kappa shape index (κ2) is 7.04. The minimum absolute atomic E-state index is 0. The minimum Gasteiger partial charge on any atom is -0.341 e. The Labute approximate surface area is 126 Å². The van der Waals surface area contributed by atoms with Crippen LogP contribution in [0.25, 0.3) is 0 Å². The van der Waals surface area contributed by atoms with Crippen LogP contribution in [0.2, 0.25) is 0 Å². The van der Waals surface area contributed by atoms with Gasteiger partial charge in [0.1, 0.15) is 11.6 Å². The van der Waals surface area contributed by atoms with Gasteiger partial charge in [-0.1, -0.05) is 0 Å². The molecular formula is C13H24ClN5O. The minimum atomic E-state index is -0.408. The predicted octanol–water partition coefficient (Wildman–Crippen LogP) is 0.903. The molecule has 0 saturated carbocycles. The monoisotopic (exact) mass is 301 g/mol. The van der Waals surface area contributed by atoms with E-state index < -0.39 is 6.04 Å². The molecule has 1 aliphatic heterocycles. The smallest absolute Gasteiger partial charge is 0.239 e. The quantitative estimate of drug-likeness (QED) is 0.900.